The molecule has 180 valence electrons. The summed E-state index contributed by atoms with van der Waals surface area (Å²) in [5.41, 5.74) is 0.878. The van der Waals surface area contributed by atoms with Crippen LogP contribution in [0.2, 0.25) is 0 Å². The number of benzene rings is 1. The van der Waals surface area contributed by atoms with Crippen molar-refractivity contribution >= 4 is 13.4 Å². The third-order valence-corrected chi connectivity index (χ3v) is 7.17. The highest BCUT2D eigenvalue weighted by Gasteiger charge is 2.54. The van der Waals surface area contributed by atoms with E-state index in [4.69, 9.17) is 32.7 Å². The van der Waals surface area contributed by atoms with Gasteiger partial charge in [0, 0.05) is 14.2 Å². The summed E-state index contributed by atoms with van der Waals surface area (Å²) in [5.74, 6) is -2.23. The highest BCUT2D eigenvalue weighted by molar-refractivity contribution is 7.54. The molecule has 1 aromatic rings. The Hall–Kier alpha value is -1.16. The number of ketones is 1. The predicted octanol–water partition coefficient (Wildman–Crippen LogP) is 3.30. The van der Waals surface area contributed by atoms with Crippen LogP contribution < -0.4 is 0 Å². The van der Waals surface area contributed by atoms with E-state index >= 15 is 0 Å². The van der Waals surface area contributed by atoms with Gasteiger partial charge in [-0.25, -0.2) is 0 Å². The lowest BCUT2D eigenvalue weighted by Crippen LogP contribution is -2.49. The monoisotopic (exact) mass is 472 g/mol. The number of carbonyl (C=O) groups is 1. The van der Waals surface area contributed by atoms with Crippen molar-refractivity contribution in [1.82, 2.24) is 0 Å². The van der Waals surface area contributed by atoms with Gasteiger partial charge >= 0.3 is 7.60 Å². The molecule has 4 atom stereocenters. The summed E-state index contributed by atoms with van der Waals surface area (Å²) in [6, 6.07) is 9.44. The molecule has 2 fully saturated rings. The minimum absolute atomic E-state index is 0.155. The topological polar surface area (TPSA) is 98.8 Å². The molecule has 0 aromatic heterocycles. The van der Waals surface area contributed by atoms with Crippen molar-refractivity contribution in [2.45, 2.75) is 70.3 Å². The molecule has 0 amide bonds. The minimum atomic E-state index is -3.61. The summed E-state index contributed by atoms with van der Waals surface area (Å²) < 4.78 is 52.6. The van der Waals surface area contributed by atoms with Gasteiger partial charge in [-0.3, -0.25) is 9.36 Å². The first-order valence-corrected chi connectivity index (χ1v) is 12.3. The molecular formula is C22H33O9P. The van der Waals surface area contributed by atoms with Gasteiger partial charge in [-0.1, -0.05) is 30.3 Å². The van der Waals surface area contributed by atoms with Crippen molar-refractivity contribution in [1.29, 1.82) is 0 Å². The second-order valence-electron chi connectivity index (χ2n) is 8.75. The Balaban J connectivity index is 1.87. The van der Waals surface area contributed by atoms with Gasteiger partial charge in [-0.2, -0.15) is 0 Å². The molecule has 2 aliphatic heterocycles. The third-order valence-electron chi connectivity index (χ3n) is 5.35. The van der Waals surface area contributed by atoms with E-state index < -0.39 is 55.5 Å². The van der Waals surface area contributed by atoms with E-state index in [1.807, 2.05) is 44.2 Å². The minimum Gasteiger partial charge on any atom is -0.363 e. The Kier molecular flexibility index (Phi) is 7.95. The maximum Gasteiger partial charge on any atom is 0.337 e. The SMILES string of the molecule is COP(=O)(CC(=O)[C@H](OCc1ccccc1)[C@H]1OC(C)(C)O[C@@H]1[C@H]1COC(C)(C)O1)OC. The van der Waals surface area contributed by atoms with Crippen LogP contribution in [0.1, 0.15) is 33.3 Å². The first kappa shape index (κ1) is 25.5. The maximum atomic E-state index is 13.3. The maximum absolute atomic E-state index is 13.3. The van der Waals surface area contributed by atoms with Gasteiger partial charge in [-0.05, 0) is 33.3 Å². The van der Waals surface area contributed by atoms with Gasteiger partial charge in [0.05, 0.1) is 13.2 Å². The Morgan fingerprint density at radius 1 is 1.06 bits per heavy atom. The van der Waals surface area contributed by atoms with Crippen molar-refractivity contribution in [2.24, 2.45) is 0 Å². The smallest absolute Gasteiger partial charge is 0.337 e. The summed E-state index contributed by atoms with van der Waals surface area (Å²) in [6.45, 7) is 7.57. The molecule has 0 aliphatic carbocycles. The number of rotatable bonds is 10. The fourth-order valence-electron chi connectivity index (χ4n) is 3.83. The predicted molar refractivity (Wildman–Crippen MR) is 115 cm³/mol. The Labute approximate surface area is 189 Å². The lowest BCUT2D eigenvalue weighted by Gasteiger charge is -2.29. The summed E-state index contributed by atoms with van der Waals surface area (Å²) in [4.78, 5) is 13.3. The molecule has 0 saturated carbocycles. The van der Waals surface area contributed by atoms with Crippen molar-refractivity contribution < 1.29 is 42.1 Å². The number of hydrogen-bond donors (Lipinski definition) is 0. The summed E-state index contributed by atoms with van der Waals surface area (Å²) in [6.07, 6.45) is -3.47. The first-order valence-electron chi connectivity index (χ1n) is 10.5. The zero-order valence-electron chi connectivity index (χ0n) is 19.4. The van der Waals surface area contributed by atoms with Gasteiger partial charge in [0.2, 0.25) is 0 Å². The zero-order valence-corrected chi connectivity index (χ0v) is 20.3. The van der Waals surface area contributed by atoms with E-state index in [0.717, 1.165) is 5.56 Å². The molecule has 0 radical (unpaired) electrons. The largest absolute Gasteiger partial charge is 0.363 e. The summed E-state index contributed by atoms with van der Waals surface area (Å²) in [7, 11) is -1.13. The van der Waals surface area contributed by atoms with Gasteiger partial charge in [0.1, 0.15) is 30.6 Å². The van der Waals surface area contributed by atoms with Crippen LogP contribution >= 0.6 is 7.60 Å². The second-order valence-corrected chi connectivity index (χ2v) is 11.0. The van der Waals surface area contributed by atoms with E-state index in [9.17, 15) is 9.36 Å². The second kappa shape index (κ2) is 9.99. The molecule has 2 saturated heterocycles. The van der Waals surface area contributed by atoms with Gasteiger partial charge < -0.3 is 32.7 Å². The van der Waals surface area contributed by atoms with Crippen molar-refractivity contribution in [3.63, 3.8) is 0 Å². The standard InChI is InChI=1S/C22H33O9P/c1-21(2)28-13-17(29-21)19-20(31-22(3,4)30-19)18(16(23)14-32(24,25-5)26-6)27-12-15-10-8-7-9-11-15/h7-11,17-20H,12-14H2,1-6H3/t17-,18+,19-,20-/m1/s1. The lowest BCUT2D eigenvalue weighted by atomic mass is 10.0. The molecule has 0 bridgehead atoms. The zero-order chi connectivity index (χ0) is 23.6. The van der Waals surface area contributed by atoms with E-state index in [1.54, 1.807) is 13.8 Å². The fourth-order valence-corrected chi connectivity index (χ4v) is 4.80. The van der Waals surface area contributed by atoms with Crippen LogP contribution in [0.25, 0.3) is 0 Å². The molecule has 1 aromatic carbocycles. The highest BCUT2D eigenvalue weighted by Crippen LogP contribution is 2.47. The first-order chi connectivity index (χ1) is 15.0. The van der Waals surface area contributed by atoms with E-state index in [0.29, 0.717) is 0 Å². The lowest BCUT2D eigenvalue weighted by molar-refractivity contribution is -0.176. The molecule has 3 rings (SSSR count). The average molecular weight is 472 g/mol. The molecule has 2 heterocycles. The highest BCUT2D eigenvalue weighted by atomic mass is 31.2. The van der Waals surface area contributed by atoms with Crippen LogP contribution in [0.4, 0.5) is 0 Å². The van der Waals surface area contributed by atoms with E-state index in [2.05, 4.69) is 0 Å². The van der Waals surface area contributed by atoms with Crippen molar-refractivity contribution in [2.75, 3.05) is 27.0 Å². The van der Waals surface area contributed by atoms with Gasteiger partial charge in [0.25, 0.3) is 0 Å². The van der Waals surface area contributed by atoms with Crippen LogP contribution in [0.3, 0.4) is 0 Å². The van der Waals surface area contributed by atoms with Crippen LogP contribution in [0.15, 0.2) is 30.3 Å². The molecule has 9 nitrogen and oxygen atoms in total. The van der Waals surface area contributed by atoms with E-state index in [-0.39, 0.29) is 13.2 Å². The fraction of sp³-hybridized carbons (Fsp3) is 0.682. The Morgan fingerprint density at radius 2 is 1.72 bits per heavy atom. The molecule has 0 unspecified atom stereocenters. The summed E-state index contributed by atoms with van der Waals surface area (Å²) >= 11 is 0. The number of hydrogen-bond acceptors (Lipinski definition) is 9. The molecule has 0 N–H and O–H groups in total. The van der Waals surface area contributed by atoms with E-state index in [1.165, 1.54) is 14.2 Å². The summed E-state index contributed by atoms with van der Waals surface area (Å²) in [5, 5.41) is 0. The van der Waals surface area contributed by atoms with Crippen molar-refractivity contribution in [3.05, 3.63) is 35.9 Å². The van der Waals surface area contributed by atoms with Crippen molar-refractivity contribution in [3.8, 4) is 0 Å². The number of ether oxygens (including phenoxy) is 5. The molecule has 2 aliphatic rings. The normalized spacial score (nSPS) is 28.0. The molecular weight excluding hydrogens is 439 g/mol. The molecule has 32 heavy (non-hydrogen) atoms. The van der Waals surface area contributed by atoms with Crippen LogP contribution in [-0.2, 0) is 48.7 Å². The molecule has 10 heteroatoms. The molecule has 0 spiro atoms. The Morgan fingerprint density at radius 3 is 2.28 bits per heavy atom. The number of Topliss-reactive ketones (excluding diaryl/α,β-unsaturated/α-hetero) is 1. The number of carbonyl (C=O) groups excluding carboxylic acids is 1. The quantitative estimate of drug-likeness (QED) is 0.475. The van der Waals surface area contributed by atoms with Gasteiger partial charge in [0.15, 0.2) is 17.4 Å². The van der Waals surface area contributed by atoms with Crippen LogP contribution in [-0.4, -0.2) is 68.8 Å². The Bertz CT molecular complexity index is 818. The van der Waals surface area contributed by atoms with Crippen LogP contribution in [0, 0.1) is 0 Å². The third kappa shape index (κ3) is 6.24. The van der Waals surface area contributed by atoms with Crippen LogP contribution in [0.5, 0.6) is 0 Å². The van der Waals surface area contributed by atoms with Gasteiger partial charge in [-0.15, -0.1) is 0 Å². The average Bonchev–Trinajstić information content (AvgIpc) is 3.27.